The number of halogens is 1. The Labute approximate surface area is 132 Å². The highest BCUT2D eigenvalue weighted by Crippen LogP contribution is 2.21. The lowest BCUT2D eigenvalue weighted by Crippen LogP contribution is -1.91. The number of anilines is 2. The predicted molar refractivity (Wildman–Crippen MR) is 87.1 cm³/mol. The fourth-order valence-electron chi connectivity index (χ4n) is 1.76. The topological polar surface area (TPSA) is 53.6 Å². The van der Waals surface area contributed by atoms with Gasteiger partial charge < -0.3 is 5.32 Å². The molecule has 0 aliphatic heterocycles. The molecule has 21 heavy (non-hydrogen) atoms. The average Bonchev–Trinajstić information content (AvgIpc) is 2.96. The SMILES string of the molecule is Clc1ccc(Nc2n[nH]c(SCc3ccccc3)n2)cc1. The van der Waals surface area contributed by atoms with Crippen molar-refractivity contribution in [3.8, 4) is 0 Å². The van der Waals surface area contributed by atoms with Gasteiger partial charge in [0, 0.05) is 16.5 Å². The lowest BCUT2D eigenvalue weighted by Gasteiger charge is -2.00. The van der Waals surface area contributed by atoms with E-state index >= 15 is 0 Å². The molecule has 0 unspecified atom stereocenters. The van der Waals surface area contributed by atoms with E-state index in [1.807, 2.05) is 42.5 Å². The van der Waals surface area contributed by atoms with Crippen molar-refractivity contribution in [2.75, 3.05) is 5.32 Å². The van der Waals surface area contributed by atoms with Gasteiger partial charge in [-0.1, -0.05) is 53.7 Å². The molecule has 0 aliphatic rings. The molecular formula is C15H13ClN4S. The molecule has 2 aromatic carbocycles. The van der Waals surface area contributed by atoms with Crippen LogP contribution in [-0.4, -0.2) is 15.2 Å². The van der Waals surface area contributed by atoms with Crippen LogP contribution in [0.1, 0.15) is 5.56 Å². The standard InChI is InChI=1S/C15H13ClN4S/c16-12-6-8-13(9-7-12)17-14-18-15(20-19-14)21-10-11-4-2-1-3-5-11/h1-9H,10H2,(H2,17,18,19,20). The van der Waals surface area contributed by atoms with Crippen molar-refractivity contribution in [3.63, 3.8) is 0 Å². The molecule has 0 saturated carbocycles. The molecule has 1 aromatic heterocycles. The summed E-state index contributed by atoms with van der Waals surface area (Å²) in [6, 6.07) is 17.7. The van der Waals surface area contributed by atoms with Gasteiger partial charge in [0.2, 0.25) is 5.95 Å². The van der Waals surface area contributed by atoms with E-state index in [2.05, 4.69) is 32.6 Å². The summed E-state index contributed by atoms with van der Waals surface area (Å²) in [4.78, 5) is 4.40. The number of aromatic amines is 1. The third kappa shape index (κ3) is 4.00. The molecule has 0 bridgehead atoms. The molecule has 0 fully saturated rings. The van der Waals surface area contributed by atoms with E-state index in [1.165, 1.54) is 5.56 Å². The number of H-pyrrole nitrogens is 1. The summed E-state index contributed by atoms with van der Waals surface area (Å²) in [6.07, 6.45) is 0. The van der Waals surface area contributed by atoms with Crippen molar-refractivity contribution in [2.24, 2.45) is 0 Å². The first-order valence-corrected chi connectivity index (χ1v) is 7.78. The minimum Gasteiger partial charge on any atom is -0.323 e. The number of rotatable bonds is 5. The van der Waals surface area contributed by atoms with Crippen LogP contribution >= 0.6 is 23.4 Å². The number of hydrogen-bond acceptors (Lipinski definition) is 4. The first kappa shape index (κ1) is 14.0. The number of benzene rings is 2. The van der Waals surface area contributed by atoms with Gasteiger partial charge in [0.15, 0.2) is 5.16 Å². The maximum atomic E-state index is 5.85. The molecule has 4 nitrogen and oxygen atoms in total. The summed E-state index contributed by atoms with van der Waals surface area (Å²) in [7, 11) is 0. The highest BCUT2D eigenvalue weighted by molar-refractivity contribution is 7.98. The lowest BCUT2D eigenvalue weighted by atomic mass is 10.2. The van der Waals surface area contributed by atoms with Crippen molar-refractivity contribution >= 4 is 35.0 Å². The van der Waals surface area contributed by atoms with Gasteiger partial charge in [-0.3, -0.25) is 5.10 Å². The smallest absolute Gasteiger partial charge is 0.247 e. The second-order valence-electron chi connectivity index (χ2n) is 4.37. The molecule has 106 valence electrons. The molecule has 6 heteroatoms. The van der Waals surface area contributed by atoms with E-state index in [9.17, 15) is 0 Å². The molecule has 0 spiro atoms. The maximum Gasteiger partial charge on any atom is 0.247 e. The van der Waals surface area contributed by atoms with Crippen LogP contribution in [0.3, 0.4) is 0 Å². The Morgan fingerprint density at radius 3 is 2.57 bits per heavy atom. The zero-order chi connectivity index (χ0) is 14.5. The summed E-state index contributed by atoms with van der Waals surface area (Å²) < 4.78 is 0. The van der Waals surface area contributed by atoms with Crippen LogP contribution in [0.5, 0.6) is 0 Å². The average molecular weight is 317 g/mol. The molecule has 0 amide bonds. The Balaban J connectivity index is 1.59. The first-order chi connectivity index (χ1) is 10.3. The molecule has 3 rings (SSSR count). The number of hydrogen-bond donors (Lipinski definition) is 2. The first-order valence-electron chi connectivity index (χ1n) is 6.41. The molecule has 0 atom stereocenters. The highest BCUT2D eigenvalue weighted by Gasteiger charge is 2.04. The fraction of sp³-hybridized carbons (Fsp3) is 0.0667. The zero-order valence-corrected chi connectivity index (χ0v) is 12.7. The van der Waals surface area contributed by atoms with Gasteiger partial charge in [-0.05, 0) is 29.8 Å². The van der Waals surface area contributed by atoms with Crippen molar-refractivity contribution in [2.45, 2.75) is 10.9 Å². The summed E-state index contributed by atoms with van der Waals surface area (Å²) in [5, 5.41) is 11.7. The monoisotopic (exact) mass is 316 g/mol. The summed E-state index contributed by atoms with van der Waals surface area (Å²) >= 11 is 7.47. The minimum atomic E-state index is 0.549. The Bertz CT molecular complexity index is 697. The lowest BCUT2D eigenvalue weighted by molar-refractivity contribution is 0.973. The molecule has 0 saturated heterocycles. The van der Waals surface area contributed by atoms with Crippen molar-refractivity contribution in [1.82, 2.24) is 15.2 Å². The molecular weight excluding hydrogens is 304 g/mol. The predicted octanol–water partition coefficient (Wildman–Crippen LogP) is 4.49. The molecule has 1 heterocycles. The van der Waals surface area contributed by atoms with Crippen molar-refractivity contribution in [3.05, 3.63) is 65.2 Å². The normalized spacial score (nSPS) is 10.5. The number of nitrogens with zero attached hydrogens (tertiary/aromatic N) is 2. The van der Waals surface area contributed by atoms with E-state index in [-0.39, 0.29) is 0 Å². The number of thioether (sulfide) groups is 1. The van der Waals surface area contributed by atoms with E-state index in [4.69, 9.17) is 11.6 Å². The van der Waals surface area contributed by atoms with E-state index < -0.39 is 0 Å². The second kappa shape index (κ2) is 6.65. The van der Waals surface area contributed by atoms with Gasteiger partial charge in [-0.25, -0.2) is 0 Å². The van der Waals surface area contributed by atoms with Gasteiger partial charge in [0.1, 0.15) is 0 Å². The fourth-order valence-corrected chi connectivity index (χ4v) is 2.64. The Morgan fingerprint density at radius 2 is 1.81 bits per heavy atom. The molecule has 0 radical (unpaired) electrons. The molecule has 3 aromatic rings. The van der Waals surface area contributed by atoms with E-state index in [0.717, 1.165) is 16.6 Å². The van der Waals surface area contributed by atoms with Crippen LogP contribution in [0, 0.1) is 0 Å². The Hall–Kier alpha value is -1.98. The largest absolute Gasteiger partial charge is 0.323 e. The van der Waals surface area contributed by atoms with Crippen LogP contribution in [0.25, 0.3) is 0 Å². The third-order valence-electron chi connectivity index (χ3n) is 2.78. The van der Waals surface area contributed by atoms with Crippen LogP contribution in [0.15, 0.2) is 59.8 Å². The maximum absolute atomic E-state index is 5.85. The van der Waals surface area contributed by atoms with Gasteiger partial charge in [0.05, 0.1) is 0 Å². The van der Waals surface area contributed by atoms with Crippen LogP contribution < -0.4 is 5.32 Å². The minimum absolute atomic E-state index is 0.549. The third-order valence-corrected chi connectivity index (χ3v) is 3.97. The Kier molecular flexibility index (Phi) is 4.43. The van der Waals surface area contributed by atoms with Crippen LogP contribution in [-0.2, 0) is 5.75 Å². The number of nitrogens with one attached hydrogen (secondary N) is 2. The molecule has 2 N–H and O–H groups in total. The van der Waals surface area contributed by atoms with Gasteiger partial charge >= 0.3 is 0 Å². The number of aromatic nitrogens is 3. The summed E-state index contributed by atoms with van der Waals surface area (Å²) in [5.74, 6) is 1.41. The zero-order valence-electron chi connectivity index (χ0n) is 11.1. The van der Waals surface area contributed by atoms with Crippen molar-refractivity contribution < 1.29 is 0 Å². The van der Waals surface area contributed by atoms with Gasteiger partial charge in [0.25, 0.3) is 0 Å². The highest BCUT2D eigenvalue weighted by atomic mass is 35.5. The quantitative estimate of drug-likeness (QED) is 0.681. The van der Waals surface area contributed by atoms with Crippen LogP contribution in [0.4, 0.5) is 11.6 Å². The Morgan fingerprint density at radius 1 is 1.05 bits per heavy atom. The second-order valence-corrected chi connectivity index (χ2v) is 5.77. The van der Waals surface area contributed by atoms with Gasteiger partial charge in [-0.15, -0.1) is 5.10 Å². The molecule has 0 aliphatic carbocycles. The van der Waals surface area contributed by atoms with Gasteiger partial charge in [-0.2, -0.15) is 4.98 Å². The summed E-state index contributed by atoms with van der Waals surface area (Å²) in [6.45, 7) is 0. The van der Waals surface area contributed by atoms with E-state index in [1.54, 1.807) is 11.8 Å². The van der Waals surface area contributed by atoms with E-state index in [0.29, 0.717) is 11.0 Å². The van der Waals surface area contributed by atoms with Crippen molar-refractivity contribution in [1.29, 1.82) is 0 Å². The van der Waals surface area contributed by atoms with Crippen LogP contribution in [0.2, 0.25) is 5.02 Å². The summed E-state index contributed by atoms with van der Waals surface area (Å²) in [5.41, 5.74) is 2.16.